The number of Topliss-reactive ketones (excluding diaryl/α,β-unsaturated/α-hetero) is 1. The zero-order chi connectivity index (χ0) is 20.1. The molecule has 1 N–H and O–H groups in total. The Labute approximate surface area is 169 Å². The maximum Gasteiger partial charge on any atom is 0.270 e. The molecule has 2 unspecified atom stereocenters. The van der Waals surface area contributed by atoms with E-state index >= 15 is 0 Å². The molecule has 2 aromatic rings. The second kappa shape index (κ2) is 6.71. The summed E-state index contributed by atoms with van der Waals surface area (Å²) in [6, 6.07) is 7.84. The van der Waals surface area contributed by atoms with Crippen LogP contribution in [0.5, 0.6) is 0 Å². The number of nitrogens with zero attached hydrogens (tertiary/aromatic N) is 2. The lowest BCUT2D eigenvalue weighted by Crippen LogP contribution is -2.63. The van der Waals surface area contributed by atoms with Gasteiger partial charge in [-0.15, -0.1) is 0 Å². The van der Waals surface area contributed by atoms with E-state index in [1.165, 1.54) is 24.8 Å². The van der Waals surface area contributed by atoms with E-state index < -0.39 is 5.82 Å². The summed E-state index contributed by atoms with van der Waals surface area (Å²) >= 11 is 0. The van der Waals surface area contributed by atoms with Gasteiger partial charge in [-0.3, -0.25) is 19.6 Å². The zero-order valence-corrected chi connectivity index (χ0v) is 16.2. The third kappa shape index (κ3) is 3.45. The quantitative estimate of drug-likeness (QED) is 0.781. The van der Waals surface area contributed by atoms with Gasteiger partial charge in [-0.05, 0) is 74.0 Å². The Morgan fingerprint density at radius 3 is 2.48 bits per heavy atom. The van der Waals surface area contributed by atoms with Gasteiger partial charge in [-0.1, -0.05) is 6.07 Å². The molecule has 150 valence electrons. The molecule has 4 saturated carbocycles. The molecular formula is C23H24FN3O2. The van der Waals surface area contributed by atoms with Crippen molar-refractivity contribution in [3.63, 3.8) is 0 Å². The monoisotopic (exact) mass is 393 g/mol. The van der Waals surface area contributed by atoms with E-state index in [0.717, 1.165) is 32.1 Å². The number of halogens is 1. The molecule has 2 aromatic heterocycles. The Kier molecular flexibility index (Phi) is 4.26. The first-order valence-corrected chi connectivity index (χ1v) is 10.3. The third-order valence-electron chi connectivity index (χ3n) is 7.00. The lowest BCUT2D eigenvalue weighted by molar-refractivity contribution is -0.0771. The van der Waals surface area contributed by atoms with Crippen LogP contribution in [-0.4, -0.2) is 27.2 Å². The Balaban J connectivity index is 1.38. The fourth-order valence-electron chi connectivity index (χ4n) is 6.60. The second-order valence-corrected chi connectivity index (χ2v) is 9.37. The average Bonchev–Trinajstić information content (AvgIpc) is 2.67. The predicted molar refractivity (Wildman–Crippen MR) is 105 cm³/mol. The number of carbonyl (C=O) groups excluding carboxylic acids is 2. The Bertz CT molecular complexity index is 948. The predicted octanol–water partition coefficient (Wildman–Crippen LogP) is 3.96. The van der Waals surface area contributed by atoms with E-state index in [9.17, 15) is 14.0 Å². The molecule has 0 aliphatic heterocycles. The van der Waals surface area contributed by atoms with Gasteiger partial charge in [0.25, 0.3) is 5.91 Å². The molecule has 29 heavy (non-hydrogen) atoms. The standard InChI is InChI=1S/C23H24FN3O2/c24-17-4-6-26-19(8-17)21(29)27-23-11-15-7-16(12-23)10-22(9-15,14-23)13-20(28)18-3-1-2-5-25-18/h1-6,8,15-16H,7,9-14H2,(H,27,29). The van der Waals surface area contributed by atoms with E-state index in [1.807, 2.05) is 12.1 Å². The molecule has 2 atom stereocenters. The topological polar surface area (TPSA) is 72.0 Å². The lowest BCUT2D eigenvalue weighted by atomic mass is 9.46. The fourth-order valence-corrected chi connectivity index (χ4v) is 6.60. The Morgan fingerprint density at radius 1 is 1.03 bits per heavy atom. The molecule has 6 heteroatoms. The molecule has 4 bridgehead atoms. The van der Waals surface area contributed by atoms with Crippen LogP contribution >= 0.6 is 0 Å². The van der Waals surface area contributed by atoms with Gasteiger partial charge in [0.05, 0.1) is 0 Å². The average molecular weight is 393 g/mol. The van der Waals surface area contributed by atoms with Crippen LogP contribution in [0.15, 0.2) is 42.7 Å². The molecule has 1 amide bonds. The molecule has 4 aliphatic rings. The van der Waals surface area contributed by atoms with Crippen LogP contribution in [0.4, 0.5) is 4.39 Å². The lowest BCUT2D eigenvalue weighted by Gasteiger charge is -2.62. The van der Waals surface area contributed by atoms with Crippen molar-refractivity contribution in [2.24, 2.45) is 17.3 Å². The normalized spacial score (nSPS) is 32.2. The van der Waals surface area contributed by atoms with Gasteiger partial charge in [0.2, 0.25) is 0 Å². The molecular weight excluding hydrogens is 369 g/mol. The van der Waals surface area contributed by atoms with Crippen LogP contribution in [-0.2, 0) is 0 Å². The second-order valence-electron chi connectivity index (χ2n) is 9.37. The number of hydrogen-bond donors (Lipinski definition) is 1. The molecule has 0 saturated heterocycles. The van der Waals surface area contributed by atoms with Crippen LogP contribution in [0, 0.1) is 23.1 Å². The van der Waals surface area contributed by atoms with Crippen molar-refractivity contribution in [2.45, 2.75) is 50.5 Å². The molecule has 5 nitrogen and oxygen atoms in total. The van der Waals surface area contributed by atoms with Crippen LogP contribution in [0.25, 0.3) is 0 Å². The van der Waals surface area contributed by atoms with Gasteiger partial charge < -0.3 is 5.32 Å². The maximum absolute atomic E-state index is 13.5. The highest BCUT2D eigenvalue weighted by Gasteiger charge is 2.58. The van der Waals surface area contributed by atoms with Crippen molar-refractivity contribution in [3.8, 4) is 0 Å². The number of nitrogens with one attached hydrogen (secondary N) is 1. The first-order valence-electron chi connectivity index (χ1n) is 10.3. The van der Waals surface area contributed by atoms with E-state index in [1.54, 1.807) is 12.3 Å². The minimum absolute atomic E-state index is 0.0820. The summed E-state index contributed by atoms with van der Waals surface area (Å²) < 4.78 is 13.5. The smallest absolute Gasteiger partial charge is 0.270 e. The van der Waals surface area contributed by atoms with Gasteiger partial charge in [-0.2, -0.15) is 0 Å². The molecule has 4 fully saturated rings. The van der Waals surface area contributed by atoms with Gasteiger partial charge >= 0.3 is 0 Å². The number of amides is 1. The van der Waals surface area contributed by atoms with Gasteiger partial charge in [-0.25, -0.2) is 4.39 Å². The van der Waals surface area contributed by atoms with Crippen molar-refractivity contribution in [1.82, 2.24) is 15.3 Å². The summed E-state index contributed by atoms with van der Waals surface area (Å²) in [6.07, 6.45) is 9.37. The van der Waals surface area contributed by atoms with Gasteiger partial charge in [0.15, 0.2) is 5.78 Å². The largest absolute Gasteiger partial charge is 0.345 e. The van der Waals surface area contributed by atoms with Crippen LogP contribution < -0.4 is 5.32 Å². The molecule has 4 aliphatic carbocycles. The minimum atomic E-state index is -0.465. The number of rotatable bonds is 5. The van der Waals surface area contributed by atoms with E-state index in [4.69, 9.17) is 0 Å². The van der Waals surface area contributed by atoms with Gasteiger partial charge in [0.1, 0.15) is 17.2 Å². The molecule has 0 radical (unpaired) electrons. The highest BCUT2D eigenvalue weighted by Crippen LogP contribution is 2.63. The molecule has 6 rings (SSSR count). The summed E-state index contributed by atoms with van der Waals surface area (Å²) in [5.41, 5.74) is 0.227. The van der Waals surface area contributed by atoms with E-state index in [0.29, 0.717) is 24.0 Å². The number of hydrogen-bond acceptors (Lipinski definition) is 4. The number of ketones is 1. The SMILES string of the molecule is O=C(CC12CC3CC(C1)CC(NC(=O)c1cc(F)ccn1)(C3)C2)c1ccccn1. The summed E-state index contributed by atoms with van der Waals surface area (Å²) in [5.74, 6) is 0.341. The van der Waals surface area contributed by atoms with Gasteiger partial charge in [0, 0.05) is 30.4 Å². The van der Waals surface area contributed by atoms with Crippen molar-refractivity contribution in [2.75, 3.05) is 0 Å². The number of pyridine rings is 2. The molecule has 0 spiro atoms. The summed E-state index contributed by atoms with van der Waals surface area (Å²) in [4.78, 5) is 34.0. The minimum Gasteiger partial charge on any atom is -0.345 e. The van der Waals surface area contributed by atoms with Crippen molar-refractivity contribution in [1.29, 1.82) is 0 Å². The van der Waals surface area contributed by atoms with E-state index in [2.05, 4.69) is 15.3 Å². The highest BCUT2D eigenvalue weighted by atomic mass is 19.1. The summed E-state index contributed by atoms with van der Waals surface area (Å²) in [5, 5.41) is 3.21. The van der Waals surface area contributed by atoms with Crippen molar-refractivity contribution < 1.29 is 14.0 Å². The zero-order valence-electron chi connectivity index (χ0n) is 16.2. The molecule has 0 aromatic carbocycles. The Hall–Kier alpha value is -2.63. The Morgan fingerprint density at radius 2 is 1.79 bits per heavy atom. The van der Waals surface area contributed by atoms with Crippen LogP contribution in [0.3, 0.4) is 0 Å². The van der Waals surface area contributed by atoms with E-state index in [-0.39, 0.29) is 28.3 Å². The maximum atomic E-state index is 13.5. The van der Waals surface area contributed by atoms with Crippen LogP contribution in [0.1, 0.15) is 65.9 Å². The number of aromatic nitrogens is 2. The van der Waals surface area contributed by atoms with Crippen LogP contribution in [0.2, 0.25) is 0 Å². The first-order chi connectivity index (χ1) is 13.9. The summed E-state index contributed by atoms with van der Waals surface area (Å²) in [7, 11) is 0. The highest BCUT2D eigenvalue weighted by molar-refractivity contribution is 5.95. The fraction of sp³-hybridized carbons (Fsp3) is 0.478. The van der Waals surface area contributed by atoms with Crippen molar-refractivity contribution >= 4 is 11.7 Å². The summed E-state index contributed by atoms with van der Waals surface area (Å²) in [6.45, 7) is 0. The number of carbonyl (C=O) groups is 2. The molecule has 2 heterocycles. The van der Waals surface area contributed by atoms with Crippen molar-refractivity contribution in [3.05, 3.63) is 59.9 Å². The third-order valence-corrected chi connectivity index (χ3v) is 7.00. The first kappa shape index (κ1) is 18.4.